The number of imidazole rings is 1. The Hall–Kier alpha value is -1.35. The fraction of sp³-hybridized carbons (Fsp3) is 0.111. The Morgan fingerprint density at radius 1 is 1.62 bits per heavy atom. The van der Waals surface area contributed by atoms with Gasteiger partial charge in [0.2, 0.25) is 0 Å². The second kappa shape index (κ2) is 2.85. The van der Waals surface area contributed by atoms with Crippen molar-refractivity contribution in [3.05, 3.63) is 34.7 Å². The summed E-state index contributed by atoms with van der Waals surface area (Å²) in [5.74, 6) is 0. The average molecular weight is 195 g/mol. The molecular weight excluding hydrogens is 188 g/mol. The molecule has 0 aliphatic rings. The molecule has 0 N–H and O–H groups in total. The van der Waals surface area contributed by atoms with E-state index in [1.165, 1.54) is 0 Å². The minimum atomic E-state index is 0.254. The average Bonchev–Trinajstić information content (AvgIpc) is 2.43. The summed E-state index contributed by atoms with van der Waals surface area (Å²) in [6.45, 7) is 1.92. The topological polar surface area (TPSA) is 34.4 Å². The molecule has 0 radical (unpaired) electrons. The quantitative estimate of drug-likeness (QED) is 0.652. The van der Waals surface area contributed by atoms with Crippen molar-refractivity contribution in [3.63, 3.8) is 0 Å². The maximum Gasteiger partial charge on any atom is 0.170 e. The first-order valence-corrected chi connectivity index (χ1v) is 4.20. The zero-order valence-electron chi connectivity index (χ0n) is 6.99. The number of aldehydes is 1. The molecular formula is C9H7ClN2O. The van der Waals surface area contributed by atoms with Crippen LogP contribution < -0.4 is 0 Å². The number of fused-ring (bicyclic) bond motifs is 1. The van der Waals surface area contributed by atoms with E-state index in [1.807, 2.05) is 19.1 Å². The Balaban J connectivity index is 2.93. The molecule has 0 aromatic carbocycles. The van der Waals surface area contributed by atoms with E-state index in [9.17, 15) is 4.79 Å². The van der Waals surface area contributed by atoms with Gasteiger partial charge >= 0.3 is 0 Å². The summed E-state index contributed by atoms with van der Waals surface area (Å²) in [6.07, 6.45) is 2.48. The van der Waals surface area contributed by atoms with Crippen molar-refractivity contribution in [2.24, 2.45) is 0 Å². The number of carbonyl (C=O) groups excluding carboxylic acids is 1. The number of halogens is 1. The molecule has 0 unspecified atom stereocenters. The summed E-state index contributed by atoms with van der Waals surface area (Å²) >= 11 is 5.78. The molecule has 0 saturated heterocycles. The molecule has 0 aliphatic carbocycles. The zero-order valence-corrected chi connectivity index (χ0v) is 7.75. The molecule has 2 aromatic heterocycles. The third kappa shape index (κ3) is 1.12. The van der Waals surface area contributed by atoms with Crippen LogP contribution in [0.15, 0.2) is 18.3 Å². The molecule has 66 valence electrons. The third-order valence-electron chi connectivity index (χ3n) is 1.95. The van der Waals surface area contributed by atoms with Gasteiger partial charge in [-0.1, -0.05) is 17.7 Å². The van der Waals surface area contributed by atoms with Crippen molar-refractivity contribution in [3.8, 4) is 0 Å². The number of hydrogen-bond donors (Lipinski definition) is 0. The first kappa shape index (κ1) is 8.26. The number of carbonyl (C=O) groups is 1. The van der Waals surface area contributed by atoms with Crippen LogP contribution in [0.3, 0.4) is 0 Å². The van der Waals surface area contributed by atoms with E-state index in [4.69, 9.17) is 11.6 Å². The Morgan fingerprint density at radius 3 is 3.08 bits per heavy atom. The summed E-state index contributed by atoms with van der Waals surface area (Å²) in [6, 6.07) is 3.78. The molecule has 0 spiro atoms. The van der Waals surface area contributed by atoms with Gasteiger partial charge in [-0.15, -0.1) is 0 Å². The van der Waals surface area contributed by atoms with Gasteiger partial charge < -0.3 is 0 Å². The van der Waals surface area contributed by atoms with Crippen LogP contribution in [-0.4, -0.2) is 15.7 Å². The molecule has 0 atom stereocenters. The highest BCUT2D eigenvalue weighted by Crippen LogP contribution is 2.17. The molecule has 2 heterocycles. The number of pyridine rings is 1. The van der Waals surface area contributed by atoms with Crippen molar-refractivity contribution in [1.29, 1.82) is 0 Å². The van der Waals surface area contributed by atoms with E-state index in [2.05, 4.69) is 4.98 Å². The van der Waals surface area contributed by atoms with E-state index in [0.29, 0.717) is 12.0 Å². The Morgan fingerprint density at radius 2 is 2.38 bits per heavy atom. The molecule has 3 nitrogen and oxygen atoms in total. The van der Waals surface area contributed by atoms with Crippen LogP contribution in [0.4, 0.5) is 0 Å². The summed E-state index contributed by atoms with van der Waals surface area (Å²) in [5, 5.41) is 0.254. The van der Waals surface area contributed by atoms with E-state index < -0.39 is 0 Å². The van der Waals surface area contributed by atoms with Crippen molar-refractivity contribution in [2.45, 2.75) is 6.92 Å². The first-order valence-electron chi connectivity index (χ1n) is 3.82. The predicted octanol–water partition coefficient (Wildman–Crippen LogP) is 2.11. The zero-order chi connectivity index (χ0) is 9.42. The fourth-order valence-corrected chi connectivity index (χ4v) is 1.52. The number of rotatable bonds is 1. The normalized spacial score (nSPS) is 10.6. The molecule has 13 heavy (non-hydrogen) atoms. The van der Waals surface area contributed by atoms with Crippen molar-refractivity contribution < 1.29 is 4.79 Å². The minimum absolute atomic E-state index is 0.254. The maximum absolute atomic E-state index is 10.7. The Bertz CT molecular complexity index is 476. The Labute approximate surface area is 80.0 Å². The van der Waals surface area contributed by atoms with Gasteiger partial charge in [0.05, 0.1) is 0 Å². The predicted molar refractivity (Wildman–Crippen MR) is 50.3 cm³/mol. The molecule has 0 aliphatic heterocycles. The van der Waals surface area contributed by atoms with Crippen LogP contribution in [0.2, 0.25) is 5.15 Å². The van der Waals surface area contributed by atoms with Crippen LogP contribution in [0.25, 0.3) is 5.65 Å². The summed E-state index contributed by atoms with van der Waals surface area (Å²) in [4.78, 5) is 14.7. The van der Waals surface area contributed by atoms with Gasteiger partial charge in [-0.25, -0.2) is 4.98 Å². The van der Waals surface area contributed by atoms with Crippen LogP contribution >= 0.6 is 11.6 Å². The summed E-state index contributed by atoms with van der Waals surface area (Å²) < 4.78 is 1.69. The smallest absolute Gasteiger partial charge is 0.170 e. The third-order valence-corrected chi connectivity index (χ3v) is 2.23. The SMILES string of the molecule is Cc1cccn2c(C=O)c(Cl)nc12. The molecule has 2 aromatic rings. The highest BCUT2D eigenvalue weighted by Gasteiger charge is 2.09. The maximum atomic E-state index is 10.7. The van der Waals surface area contributed by atoms with E-state index >= 15 is 0 Å². The standard InChI is InChI=1S/C9H7ClN2O/c1-6-3-2-4-12-7(5-13)8(10)11-9(6)12/h2-5H,1H3. The molecule has 0 bridgehead atoms. The lowest BCUT2D eigenvalue weighted by molar-refractivity contribution is 0.111. The minimum Gasteiger partial charge on any atom is -0.296 e. The van der Waals surface area contributed by atoms with Crippen LogP contribution in [0.5, 0.6) is 0 Å². The highest BCUT2D eigenvalue weighted by atomic mass is 35.5. The number of hydrogen-bond acceptors (Lipinski definition) is 2. The largest absolute Gasteiger partial charge is 0.296 e. The van der Waals surface area contributed by atoms with Gasteiger partial charge in [0.15, 0.2) is 11.4 Å². The first-order chi connectivity index (χ1) is 6.24. The molecule has 0 fully saturated rings. The van der Waals surface area contributed by atoms with Crippen molar-refractivity contribution >= 4 is 23.5 Å². The Kier molecular flexibility index (Phi) is 1.81. The van der Waals surface area contributed by atoms with Crippen LogP contribution in [-0.2, 0) is 0 Å². The number of nitrogens with zero attached hydrogens (tertiary/aromatic N) is 2. The van der Waals surface area contributed by atoms with Gasteiger partial charge in [-0.05, 0) is 18.6 Å². The summed E-state index contributed by atoms with van der Waals surface area (Å²) in [5.41, 5.74) is 2.13. The monoisotopic (exact) mass is 194 g/mol. The fourth-order valence-electron chi connectivity index (χ4n) is 1.30. The molecule has 4 heteroatoms. The lowest BCUT2D eigenvalue weighted by Gasteiger charge is -1.96. The van der Waals surface area contributed by atoms with Crippen molar-refractivity contribution in [1.82, 2.24) is 9.38 Å². The van der Waals surface area contributed by atoms with Gasteiger partial charge in [0.25, 0.3) is 0 Å². The van der Waals surface area contributed by atoms with Gasteiger partial charge in [0.1, 0.15) is 11.3 Å². The molecule has 0 amide bonds. The van der Waals surface area contributed by atoms with Gasteiger partial charge in [0, 0.05) is 6.20 Å². The van der Waals surface area contributed by atoms with E-state index in [0.717, 1.165) is 11.2 Å². The van der Waals surface area contributed by atoms with Crippen LogP contribution in [0, 0.1) is 6.92 Å². The highest BCUT2D eigenvalue weighted by molar-refractivity contribution is 6.31. The van der Waals surface area contributed by atoms with Gasteiger partial charge in [-0.3, -0.25) is 9.20 Å². The second-order valence-corrected chi connectivity index (χ2v) is 3.15. The van der Waals surface area contributed by atoms with Crippen molar-refractivity contribution in [2.75, 3.05) is 0 Å². The summed E-state index contributed by atoms with van der Waals surface area (Å²) in [7, 11) is 0. The lowest BCUT2D eigenvalue weighted by Crippen LogP contribution is -1.91. The number of aryl methyl sites for hydroxylation is 1. The van der Waals surface area contributed by atoms with E-state index in [-0.39, 0.29) is 5.15 Å². The molecule has 2 rings (SSSR count). The second-order valence-electron chi connectivity index (χ2n) is 2.79. The lowest BCUT2D eigenvalue weighted by atomic mass is 10.3. The van der Waals surface area contributed by atoms with Gasteiger partial charge in [-0.2, -0.15) is 0 Å². The number of aromatic nitrogens is 2. The molecule has 0 saturated carbocycles. The van der Waals surface area contributed by atoms with Crippen LogP contribution in [0.1, 0.15) is 16.1 Å². The van der Waals surface area contributed by atoms with E-state index in [1.54, 1.807) is 10.6 Å².